The molecule has 0 radical (unpaired) electrons. The van der Waals surface area contributed by atoms with Gasteiger partial charge in [0.25, 0.3) is 0 Å². The average molecular weight is 442 g/mol. The van der Waals surface area contributed by atoms with Gasteiger partial charge in [-0.25, -0.2) is 4.98 Å². The first-order valence-electron chi connectivity index (χ1n) is 11.2. The van der Waals surface area contributed by atoms with E-state index in [4.69, 9.17) is 14.5 Å². The minimum atomic E-state index is 0.0198. The van der Waals surface area contributed by atoms with Crippen molar-refractivity contribution in [2.75, 3.05) is 25.2 Å². The number of imidazole rings is 1. The van der Waals surface area contributed by atoms with Crippen molar-refractivity contribution in [1.82, 2.24) is 9.55 Å². The second kappa shape index (κ2) is 8.98. The lowest BCUT2D eigenvalue weighted by Gasteiger charge is -2.18. The minimum absolute atomic E-state index is 0.0198. The topological polar surface area (TPSA) is 56.6 Å². The molecule has 33 heavy (non-hydrogen) atoms. The van der Waals surface area contributed by atoms with E-state index in [0.29, 0.717) is 26.1 Å². The fourth-order valence-electron chi connectivity index (χ4n) is 4.42. The van der Waals surface area contributed by atoms with Crippen LogP contribution in [0.3, 0.4) is 0 Å². The van der Waals surface area contributed by atoms with Gasteiger partial charge in [-0.3, -0.25) is 4.79 Å². The van der Waals surface area contributed by atoms with Crippen LogP contribution in [0.4, 0.5) is 5.69 Å². The van der Waals surface area contributed by atoms with E-state index in [1.165, 1.54) is 5.56 Å². The lowest BCUT2D eigenvalue weighted by Crippen LogP contribution is -2.24. The van der Waals surface area contributed by atoms with Crippen molar-refractivity contribution in [3.63, 3.8) is 0 Å². The number of aromatic nitrogens is 2. The quantitative estimate of drug-likeness (QED) is 0.407. The third kappa shape index (κ3) is 4.29. The Bertz CT molecular complexity index is 1260. The van der Waals surface area contributed by atoms with E-state index < -0.39 is 0 Å². The molecule has 1 atom stereocenters. The highest BCUT2D eigenvalue weighted by molar-refractivity contribution is 5.96. The number of benzene rings is 3. The fourth-order valence-corrected chi connectivity index (χ4v) is 4.42. The van der Waals surface area contributed by atoms with Crippen LogP contribution in [-0.2, 0) is 11.3 Å². The van der Waals surface area contributed by atoms with Crippen LogP contribution in [0.2, 0.25) is 0 Å². The Morgan fingerprint density at radius 1 is 0.970 bits per heavy atom. The summed E-state index contributed by atoms with van der Waals surface area (Å²) in [6.45, 7) is 3.86. The third-order valence-electron chi connectivity index (χ3n) is 6.16. The van der Waals surface area contributed by atoms with Crippen LogP contribution < -0.4 is 14.4 Å². The highest BCUT2D eigenvalue weighted by Crippen LogP contribution is 2.33. The Balaban J connectivity index is 1.38. The number of hydrogen-bond acceptors (Lipinski definition) is 4. The van der Waals surface area contributed by atoms with Gasteiger partial charge >= 0.3 is 0 Å². The maximum atomic E-state index is 12.9. The van der Waals surface area contributed by atoms with Crippen LogP contribution in [0, 0.1) is 6.92 Å². The van der Waals surface area contributed by atoms with Crippen molar-refractivity contribution in [3.8, 4) is 11.5 Å². The number of anilines is 1. The molecular weight excluding hydrogens is 414 g/mol. The molecule has 0 bridgehead atoms. The number of ether oxygens (including phenoxy) is 2. The second-order valence-corrected chi connectivity index (χ2v) is 8.38. The standard InChI is InChI=1S/C27H27N3O3/c1-19-7-11-23(12-8-19)33-16-15-29-25-6-4-3-5-24(25)28-27(29)20-17-26(31)30(18-20)21-9-13-22(32-2)14-10-21/h3-14,20H,15-18H2,1-2H3/t20-/m1/s1. The number of amides is 1. The first-order valence-corrected chi connectivity index (χ1v) is 11.2. The summed E-state index contributed by atoms with van der Waals surface area (Å²) < 4.78 is 13.4. The Labute approximate surface area is 193 Å². The molecule has 1 aromatic heterocycles. The van der Waals surface area contributed by atoms with Crippen molar-refractivity contribution in [1.29, 1.82) is 0 Å². The molecule has 5 rings (SSSR count). The summed E-state index contributed by atoms with van der Waals surface area (Å²) in [7, 11) is 1.64. The molecule has 0 saturated carbocycles. The first-order chi connectivity index (χ1) is 16.1. The Kier molecular flexibility index (Phi) is 5.73. The van der Waals surface area contributed by atoms with Crippen LogP contribution in [-0.4, -0.2) is 35.7 Å². The summed E-state index contributed by atoms with van der Waals surface area (Å²) in [6.07, 6.45) is 0.439. The Hall–Kier alpha value is -3.80. The van der Waals surface area contributed by atoms with Gasteiger partial charge in [-0.1, -0.05) is 29.8 Å². The molecule has 3 aromatic carbocycles. The third-order valence-corrected chi connectivity index (χ3v) is 6.16. The van der Waals surface area contributed by atoms with Gasteiger partial charge in [0, 0.05) is 24.6 Å². The van der Waals surface area contributed by atoms with Gasteiger partial charge in [-0.05, 0) is 55.5 Å². The van der Waals surface area contributed by atoms with E-state index in [-0.39, 0.29) is 11.8 Å². The van der Waals surface area contributed by atoms with Crippen LogP contribution >= 0.6 is 0 Å². The van der Waals surface area contributed by atoms with Gasteiger partial charge in [-0.2, -0.15) is 0 Å². The van der Waals surface area contributed by atoms with Gasteiger partial charge in [-0.15, -0.1) is 0 Å². The summed E-state index contributed by atoms with van der Waals surface area (Å²) in [4.78, 5) is 19.7. The van der Waals surface area contributed by atoms with E-state index >= 15 is 0 Å². The molecular formula is C27H27N3O3. The second-order valence-electron chi connectivity index (χ2n) is 8.38. The van der Waals surface area contributed by atoms with E-state index in [1.807, 2.05) is 71.6 Å². The van der Waals surface area contributed by atoms with E-state index in [0.717, 1.165) is 34.0 Å². The number of nitrogens with zero attached hydrogens (tertiary/aromatic N) is 3. The van der Waals surface area contributed by atoms with Crippen molar-refractivity contribution >= 4 is 22.6 Å². The molecule has 0 N–H and O–H groups in total. The number of methoxy groups -OCH3 is 1. The van der Waals surface area contributed by atoms with Crippen molar-refractivity contribution in [2.24, 2.45) is 0 Å². The van der Waals surface area contributed by atoms with E-state index in [1.54, 1.807) is 7.11 Å². The monoisotopic (exact) mass is 441 g/mol. The minimum Gasteiger partial charge on any atom is -0.497 e. The summed E-state index contributed by atoms with van der Waals surface area (Å²) in [5, 5.41) is 0. The van der Waals surface area contributed by atoms with Crippen LogP contribution in [0.25, 0.3) is 11.0 Å². The first kappa shape index (κ1) is 21.1. The Morgan fingerprint density at radius 2 is 1.70 bits per heavy atom. The molecule has 2 heterocycles. The van der Waals surface area contributed by atoms with Crippen molar-refractivity contribution in [3.05, 3.63) is 84.2 Å². The Morgan fingerprint density at radius 3 is 2.45 bits per heavy atom. The molecule has 0 unspecified atom stereocenters. The van der Waals surface area contributed by atoms with E-state index in [9.17, 15) is 4.79 Å². The number of para-hydroxylation sites is 2. The maximum absolute atomic E-state index is 12.9. The van der Waals surface area contributed by atoms with Crippen molar-refractivity contribution in [2.45, 2.75) is 25.8 Å². The molecule has 6 nitrogen and oxygen atoms in total. The SMILES string of the molecule is COc1ccc(N2C[C@H](c3nc4ccccc4n3CCOc3ccc(C)cc3)CC2=O)cc1. The molecule has 1 aliphatic heterocycles. The van der Waals surface area contributed by atoms with Gasteiger partial charge in [0.15, 0.2) is 0 Å². The zero-order valence-corrected chi connectivity index (χ0v) is 18.9. The summed E-state index contributed by atoms with van der Waals surface area (Å²) in [5.74, 6) is 2.70. The lowest BCUT2D eigenvalue weighted by atomic mass is 10.1. The smallest absolute Gasteiger partial charge is 0.227 e. The van der Waals surface area contributed by atoms with Crippen LogP contribution in [0.1, 0.15) is 23.7 Å². The van der Waals surface area contributed by atoms with Gasteiger partial charge < -0.3 is 18.9 Å². The van der Waals surface area contributed by atoms with Gasteiger partial charge in [0.1, 0.15) is 23.9 Å². The van der Waals surface area contributed by atoms with Gasteiger partial charge in [0.05, 0.1) is 24.7 Å². The van der Waals surface area contributed by atoms with Crippen LogP contribution in [0.5, 0.6) is 11.5 Å². The highest BCUT2D eigenvalue weighted by atomic mass is 16.5. The maximum Gasteiger partial charge on any atom is 0.227 e. The summed E-state index contributed by atoms with van der Waals surface area (Å²) >= 11 is 0. The number of carbonyl (C=O) groups excluding carboxylic acids is 1. The molecule has 168 valence electrons. The number of rotatable bonds is 7. The normalized spacial score (nSPS) is 15.9. The predicted octanol–water partition coefficient (Wildman–Crippen LogP) is 4.95. The number of hydrogen-bond donors (Lipinski definition) is 0. The molecule has 1 aliphatic rings. The average Bonchev–Trinajstić information content (AvgIpc) is 3.41. The molecule has 0 aliphatic carbocycles. The molecule has 1 saturated heterocycles. The number of aryl methyl sites for hydroxylation is 1. The molecule has 4 aromatic rings. The van der Waals surface area contributed by atoms with E-state index in [2.05, 4.69) is 17.6 Å². The molecule has 1 amide bonds. The summed E-state index contributed by atoms with van der Waals surface area (Å²) in [5.41, 5.74) is 4.10. The fraction of sp³-hybridized carbons (Fsp3) is 0.259. The zero-order chi connectivity index (χ0) is 22.8. The largest absolute Gasteiger partial charge is 0.497 e. The number of carbonyl (C=O) groups is 1. The molecule has 0 spiro atoms. The molecule has 6 heteroatoms. The van der Waals surface area contributed by atoms with Gasteiger partial charge in [0.2, 0.25) is 5.91 Å². The highest BCUT2D eigenvalue weighted by Gasteiger charge is 2.34. The summed E-state index contributed by atoms with van der Waals surface area (Å²) in [6, 6.07) is 23.8. The van der Waals surface area contributed by atoms with Crippen molar-refractivity contribution < 1.29 is 14.3 Å². The van der Waals surface area contributed by atoms with Crippen LogP contribution in [0.15, 0.2) is 72.8 Å². The predicted molar refractivity (Wildman–Crippen MR) is 129 cm³/mol. The number of fused-ring (bicyclic) bond motifs is 1. The zero-order valence-electron chi connectivity index (χ0n) is 18.9. The molecule has 1 fully saturated rings. The lowest BCUT2D eigenvalue weighted by molar-refractivity contribution is -0.117.